The van der Waals surface area contributed by atoms with Crippen molar-refractivity contribution in [1.29, 1.82) is 5.26 Å². The Hall–Kier alpha value is -2.58. The molecule has 0 bridgehead atoms. The fourth-order valence-electron chi connectivity index (χ4n) is 2.14. The maximum absolute atomic E-state index is 13.8. The van der Waals surface area contributed by atoms with Gasteiger partial charge in [-0.25, -0.2) is 4.39 Å². The molecule has 0 saturated carbocycles. The van der Waals surface area contributed by atoms with Crippen molar-refractivity contribution in [3.63, 3.8) is 0 Å². The summed E-state index contributed by atoms with van der Waals surface area (Å²) >= 11 is 5.88. The smallest absolute Gasteiger partial charge is 0.262 e. The lowest BCUT2D eigenvalue weighted by molar-refractivity contribution is -0.127. The normalized spacial score (nSPS) is 12.8. The summed E-state index contributed by atoms with van der Waals surface area (Å²) in [6.07, 6.45) is -0.854. The maximum atomic E-state index is 13.8. The molecule has 124 valence electrons. The van der Waals surface area contributed by atoms with Crippen LogP contribution in [0.1, 0.15) is 24.1 Å². The van der Waals surface area contributed by atoms with Crippen molar-refractivity contribution in [3.8, 4) is 11.8 Å². The third-order valence-electron chi connectivity index (χ3n) is 3.44. The largest absolute Gasteiger partial charge is 0.481 e. The number of rotatable bonds is 5. The van der Waals surface area contributed by atoms with E-state index in [-0.39, 0.29) is 5.56 Å². The molecular weight excluding hydrogens is 331 g/mol. The number of hydrogen-bond donors (Lipinski definition) is 1. The van der Waals surface area contributed by atoms with Gasteiger partial charge >= 0.3 is 0 Å². The Morgan fingerprint density at radius 2 is 2.04 bits per heavy atom. The van der Waals surface area contributed by atoms with Crippen molar-refractivity contribution in [1.82, 2.24) is 5.32 Å². The second kappa shape index (κ2) is 7.80. The molecule has 4 nitrogen and oxygen atoms in total. The molecule has 24 heavy (non-hydrogen) atoms. The summed E-state index contributed by atoms with van der Waals surface area (Å²) in [7, 11) is 0. The molecule has 0 radical (unpaired) electrons. The zero-order valence-electron chi connectivity index (χ0n) is 13.2. The number of halogens is 2. The van der Waals surface area contributed by atoms with Gasteiger partial charge in [-0.2, -0.15) is 5.26 Å². The average Bonchev–Trinajstić information content (AvgIpc) is 2.55. The van der Waals surface area contributed by atoms with Gasteiger partial charge in [0.15, 0.2) is 6.10 Å². The number of nitriles is 1. The van der Waals surface area contributed by atoms with Crippen LogP contribution in [0.3, 0.4) is 0 Å². The van der Waals surface area contributed by atoms with Crippen molar-refractivity contribution >= 4 is 17.5 Å². The van der Waals surface area contributed by atoms with Crippen LogP contribution in [0.4, 0.5) is 4.39 Å². The van der Waals surface area contributed by atoms with Crippen LogP contribution in [0.15, 0.2) is 42.5 Å². The van der Waals surface area contributed by atoms with Gasteiger partial charge in [-0.05, 0) is 43.7 Å². The Kier molecular flexibility index (Phi) is 5.78. The number of benzene rings is 2. The highest BCUT2D eigenvalue weighted by Gasteiger charge is 2.22. The predicted octanol–water partition coefficient (Wildman–Crippen LogP) is 3.94. The van der Waals surface area contributed by atoms with Gasteiger partial charge < -0.3 is 10.1 Å². The number of ether oxygens (including phenoxy) is 1. The molecule has 0 spiro atoms. The lowest BCUT2D eigenvalue weighted by atomic mass is 10.1. The molecule has 1 N–H and O–H groups in total. The first-order valence-electron chi connectivity index (χ1n) is 7.29. The van der Waals surface area contributed by atoms with E-state index in [0.29, 0.717) is 10.8 Å². The summed E-state index contributed by atoms with van der Waals surface area (Å²) < 4.78 is 19.4. The van der Waals surface area contributed by atoms with Crippen LogP contribution in [-0.4, -0.2) is 12.0 Å². The Morgan fingerprint density at radius 3 is 2.67 bits per heavy atom. The second-order valence-electron chi connectivity index (χ2n) is 5.26. The standard InChI is InChI=1S/C18H16ClFN2O2/c1-11-9-13(19)7-8-17(11)24-12(2)18(23)22-16(10-21)14-5-3-4-6-15(14)20/h3-9,12,16H,1-2H3,(H,22,23). The number of carbonyl (C=O) groups is 1. The van der Waals surface area contributed by atoms with E-state index in [1.165, 1.54) is 18.2 Å². The van der Waals surface area contributed by atoms with Gasteiger partial charge in [0.1, 0.15) is 17.6 Å². The Labute approximate surface area is 144 Å². The fourth-order valence-corrected chi connectivity index (χ4v) is 2.36. The number of nitrogens with one attached hydrogen (secondary N) is 1. The van der Waals surface area contributed by atoms with Crippen molar-refractivity contribution in [3.05, 3.63) is 64.4 Å². The van der Waals surface area contributed by atoms with Gasteiger partial charge in [0.25, 0.3) is 5.91 Å². The summed E-state index contributed by atoms with van der Waals surface area (Å²) in [5.41, 5.74) is 0.899. The van der Waals surface area contributed by atoms with Crippen molar-refractivity contribution in [2.24, 2.45) is 0 Å². The first-order valence-corrected chi connectivity index (χ1v) is 7.67. The number of nitrogens with zero attached hydrogens (tertiary/aromatic N) is 1. The number of aryl methyl sites for hydroxylation is 1. The minimum atomic E-state index is -1.09. The number of amides is 1. The van der Waals surface area contributed by atoms with Crippen LogP contribution in [0, 0.1) is 24.1 Å². The average molecular weight is 347 g/mol. The first-order chi connectivity index (χ1) is 11.4. The Balaban J connectivity index is 2.08. The minimum Gasteiger partial charge on any atom is -0.481 e. The molecule has 2 atom stereocenters. The van der Waals surface area contributed by atoms with Crippen LogP contribution in [0.5, 0.6) is 5.75 Å². The molecule has 0 heterocycles. The van der Waals surface area contributed by atoms with Crippen LogP contribution in [-0.2, 0) is 4.79 Å². The molecule has 6 heteroatoms. The summed E-state index contributed by atoms with van der Waals surface area (Å²) in [5.74, 6) is -0.549. The van der Waals surface area contributed by atoms with Crippen molar-refractivity contribution in [2.75, 3.05) is 0 Å². The molecule has 2 aromatic carbocycles. The van der Waals surface area contributed by atoms with Gasteiger partial charge in [-0.1, -0.05) is 29.8 Å². The summed E-state index contributed by atoms with van der Waals surface area (Å²) in [5, 5.41) is 12.3. The van der Waals surface area contributed by atoms with Crippen LogP contribution in [0.2, 0.25) is 5.02 Å². The predicted molar refractivity (Wildman–Crippen MR) is 89.2 cm³/mol. The van der Waals surface area contributed by atoms with E-state index in [1.54, 1.807) is 31.2 Å². The molecule has 0 fully saturated rings. The SMILES string of the molecule is Cc1cc(Cl)ccc1OC(C)C(=O)NC(C#N)c1ccccc1F. The maximum Gasteiger partial charge on any atom is 0.262 e. The van der Waals surface area contributed by atoms with E-state index in [2.05, 4.69) is 5.32 Å². The van der Waals surface area contributed by atoms with Gasteiger partial charge in [-0.15, -0.1) is 0 Å². The minimum absolute atomic E-state index is 0.114. The van der Waals surface area contributed by atoms with E-state index in [9.17, 15) is 14.4 Å². The zero-order chi connectivity index (χ0) is 17.7. The van der Waals surface area contributed by atoms with Crippen molar-refractivity contribution in [2.45, 2.75) is 26.0 Å². The Bertz CT molecular complexity index is 789. The molecule has 1 amide bonds. The highest BCUT2D eigenvalue weighted by molar-refractivity contribution is 6.30. The zero-order valence-corrected chi connectivity index (χ0v) is 14.0. The molecule has 0 aliphatic carbocycles. The highest BCUT2D eigenvalue weighted by Crippen LogP contribution is 2.23. The van der Waals surface area contributed by atoms with Gasteiger partial charge in [0.2, 0.25) is 0 Å². The summed E-state index contributed by atoms with van der Waals surface area (Å²) in [6, 6.07) is 11.7. The van der Waals surface area contributed by atoms with E-state index >= 15 is 0 Å². The quantitative estimate of drug-likeness (QED) is 0.892. The van der Waals surface area contributed by atoms with Gasteiger partial charge in [0, 0.05) is 10.6 Å². The third-order valence-corrected chi connectivity index (χ3v) is 3.68. The lowest BCUT2D eigenvalue weighted by Gasteiger charge is -2.19. The topological polar surface area (TPSA) is 62.1 Å². The van der Waals surface area contributed by atoms with Crippen LogP contribution in [0.25, 0.3) is 0 Å². The molecule has 2 aromatic rings. The summed E-state index contributed by atoms with van der Waals surface area (Å²) in [4.78, 5) is 12.2. The highest BCUT2D eigenvalue weighted by atomic mass is 35.5. The van der Waals surface area contributed by atoms with Gasteiger partial charge in [-0.3, -0.25) is 4.79 Å². The third kappa shape index (κ3) is 4.24. The van der Waals surface area contributed by atoms with E-state index in [1.807, 2.05) is 13.0 Å². The molecule has 2 unspecified atom stereocenters. The van der Waals surface area contributed by atoms with Crippen LogP contribution >= 0.6 is 11.6 Å². The fraction of sp³-hybridized carbons (Fsp3) is 0.222. The molecule has 0 aliphatic rings. The van der Waals surface area contributed by atoms with Crippen molar-refractivity contribution < 1.29 is 13.9 Å². The monoisotopic (exact) mass is 346 g/mol. The number of hydrogen-bond acceptors (Lipinski definition) is 3. The van der Waals surface area contributed by atoms with E-state index < -0.39 is 23.9 Å². The van der Waals surface area contributed by atoms with Gasteiger partial charge in [0.05, 0.1) is 6.07 Å². The first kappa shape index (κ1) is 17.8. The molecule has 0 aliphatic heterocycles. The van der Waals surface area contributed by atoms with E-state index in [0.717, 1.165) is 5.56 Å². The van der Waals surface area contributed by atoms with E-state index in [4.69, 9.17) is 16.3 Å². The molecule has 0 aromatic heterocycles. The van der Waals surface area contributed by atoms with Crippen LogP contribution < -0.4 is 10.1 Å². The Morgan fingerprint density at radius 1 is 1.33 bits per heavy atom. The number of carbonyl (C=O) groups excluding carboxylic acids is 1. The molecule has 2 rings (SSSR count). The summed E-state index contributed by atoms with van der Waals surface area (Å²) in [6.45, 7) is 3.36. The lowest BCUT2D eigenvalue weighted by Crippen LogP contribution is -2.38. The molecular formula is C18H16ClFN2O2. The molecule has 0 saturated heterocycles. The second-order valence-corrected chi connectivity index (χ2v) is 5.70.